The number of benzene rings is 2. The number of hydrogen-bond acceptors (Lipinski definition) is 5. The second-order valence-electron chi connectivity index (χ2n) is 7.84. The van der Waals surface area contributed by atoms with Crippen molar-refractivity contribution in [2.75, 3.05) is 37.6 Å². The van der Waals surface area contributed by atoms with Gasteiger partial charge in [0, 0.05) is 17.8 Å². The van der Waals surface area contributed by atoms with E-state index in [4.69, 9.17) is 14.2 Å². The van der Waals surface area contributed by atoms with Crippen LogP contribution in [0.4, 0.5) is 11.4 Å². The Labute approximate surface area is 176 Å². The van der Waals surface area contributed by atoms with Gasteiger partial charge in [0.05, 0.1) is 25.3 Å². The number of hydrogen-bond donors (Lipinski definition) is 1. The van der Waals surface area contributed by atoms with Crippen LogP contribution in [-0.2, 0) is 4.79 Å². The van der Waals surface area contributed by atoms with Crippen molar-refractivity contribution >= 4 is 23.2 Å². The summed E-state index contributed by atoms with van der Waals surface area (Å²) in [6.45, 7) is 6.66. The lowest BCUT2D eigenvalue weighted by molar-refractivity contribution is -0.127. The quantitative estimate of drug-likeness (QED) is 0.772. The second-order valence-corrected chi connectivity index (χ2v) is 7.84. The molecule has 7 heteroatoms. The van der Waals surface area contributed by atoms with Crippen LogP contribution in [0.25, 0.3) is 0 Å². The van der Waals surface area contributed by atoms with Gasteiger partial charge < -0.3 is 24.4 Å². The van der Waals surface area contributed by atoms with Crippen molar-refractivity contribution in [1.82, 2.24) is 0 Å². The number of fused-ring (bicyclic) bond motifs is 1. The van der Waals surface area contributed by atoms with Crippen molar-refractivity contribution in [3.05, 3.63) is 42.0 Å². The molecule has 0 spiro atoms. The summed E-state index contributed by atoms with van der Waals surface area (Å²) < 4.78 is 16.4. The van der Waals surface area contributed by atoms with Crippen molar-refractivity contribution in [3.63, 3.8) is 0 Å². The van der Waals surface area contributed by atoms with Gasteiger partial charge in [-0.25, -0.2) is 0 Å². The molecule has 0 fully saturated rings. The van der Waals surface area contributed by atoms with E-state index in [1.54, 1.807) is 48.4 Å². The highest BCUT2D eigenvalue weighted by atomic mass is 16.5. The topological polar surface area (TPSA) is 77.1 Å². The van der Waals surface area contributed by atoms with Gasteiger partial charge in [0.2, 0.25) is 5.91 Å². The zero-order chi connectivity index (χ0) is 21.9. The number of ether oxygens (including phenoxy) is 3. The van der Waals surface area contributed by atoms with E-state index < -0.39 is 5.41 Å². The third-order valence-electron chi connectivity index (χ3n) is 5.01. The average Bonchev–Trinajstić information content (AvgIpc) is 2.83. The lowest BCUT2D eigenvalue weighted by Crippen LogP contribution is -2.42. The molecule has 1 N–H and O–H groups in total. The number of carbonyl (C=O) groups excluding carboxylic acids is 2. The minimum absolute atomic E-state index is 0.00599. The summed E-state index contributed by atoms with van der Waals surface area (Å²) in [7, 11) is 3.06. The molecule has 0 aromatic heterocycles. The van der Waals surface area contributed by atoms with Crippen LogP contribution >= 0.6 is 0 Å². The van der Waals surface area contributed by atoms with Gasteiger partial charge in [-0.2, -0.15) is 0 Å². The number of rotatable bonds is 6. The summed E-state index contributed by atoms with van der Waals surface area (Å²) in [4.78, 5) is 27.6. The molecular weight excluding hydrogens is 384 g/mol. The maximum absolute atomic E-state index is 13.0. The minimum Gasteiger partial charge on any atom is -0.493 e. The largest absolute Gasteiger partial charge is 0.493 e. The normalized spacial score (nSPS) is 15.0. The summed E-state index contributed by atoms with van der Waals surface area (Å²) >= 11 is 0. The van der Waals surface area contributed by atoms with Gasteiger partial charge in [-0.3, -0.25) is 9.59 Å². The fraction of sp³-hybridized carbons (Fsp3) is 0.391. The third-order valence-corrected chi connectivity index (χ3v) is 5.01. The lowest BCUT2D eigenvalue weighted by atomic mass is 9.93. The average molecular weight is 412 g/mol. The van der Waals surface area contributed by atoms with Crippen molar-refractivity contribution in [2.45, 2.75) is 27.2 Å². The molecule has 0 unspecified atom stereocenters. The number of nitrogens with zero attached hydrogens (tertiary/aromatic N) is 1. The van der Waals surface area contributed by atoms with Crippen molar-refractivity contribution in [3.8, 4) is 17.2 Å². The number of anilines is 2. The number of carbonyl (C=O) groups is 2. The molecule has 30 heavy (non-hydrogen) atoms. The van der Waals surface area contributed by atoms with E-state index in [9.17, 15) is 9.59 Å². The molecule has 0 bridgehead atoms. The highest BCUT2D eigenvalue weighted by molar-refractivity contribution is 6.06. The molecule has 1 heterocycles. The summed E-state index contributed by atoms with van der Waals surface area (Å²) in [5.41, 5.74) is 1.04. The zero-order valence-electron chi connectivity index (χ0n) is 18.1. The van der Waals surface area contributed by atoms with Crippen LogP contribution in [0.3, 0.4) is 0 Å². The van der Waals surface area contributed by atoms with Gasteiger partial charge in [0.25, 0.3) is 5.91 Å². The lowest BCUT2D eigenvalue weighted by Gasteiger charge is -2.27. The van der Waals surface area contributed by atoms with Crippen LogP contribution < -0.4 is 24.4 Å². The molecule has 2 amide bonds. The van der Waals surface area contributed by atoms with Crippen LogP contribution in [0.5, 0.6) is 17.2 Å². The molecule has 1 aliphatic heterocycles. The van der Waals surface area contributed by atoms with E-state index in [-0.39, 0.29) is 11.8 Å². The molecule has 0 saturated heterocycles. The second kappa shape index (κ2) is 8.65. The van der Waals surface area contributed by atoms with Crippen LogP contribution in [0, 0.1) is 5.41 Å². The van der Waals surface area contributed by atoms with Crippen LogP contribution in [0.15, 0.2) is 36.4 Å². The molecule has 0 aliphatic carbocycles. The summed E-state index contributed by atoms with van der Waals surface area (Å²) in [5, 5.41) is 2.89. The highest BCUT2D eigenvalue weighted by Crippen LogP contribution is 2.38. The van der Waals surface area contributed by atoms with Gasteiger partial charge in [0.15, 0.2) is 11.5 Å². The minimum atomic E-state index is -0.628. The maximum Gasteiger partial charge on any atom is 0.255 e. The van der Waals surface area contributed by atoms with E-state index in [0.717, 1.165) is 6.42 Å². The summed E-state index contributed by atoms with van der Waals surface area (Å²) in [5.74, 6) is 1.37. The van der Waals surface area contributed by atoms with Gasteiger partial charge in [-0.15, -0.1) is 0 Å². The predicted octanol–water partition coefficient (Wildman–Crippen LogP) is 4.12. The first-order chi connectivity index (χ1) is 14.3. The van der Waals surface area contributed by atoms with E-state index in [1.807, 2.05) is 20.8 Å². The fourth-order valence-corrected chi connectivity index (χ4v) is 3.35. The standard InChI is InChI=1S/C23H28N2O5/c1-6-11-25-17-13-16(8-10-18(17)30-14-23(2,3)22(25)27)24-21(26)15-7-9-19(28-4)20(12-15)29-5/h7-10,12-13H,6,11,14H2,1-5H3,(H,24,26). The van der Waals surface area contributed by atoms with Crippen LogP contribution in [-0.4, -0.2) is 39.2 Å². The first kappa shape index (κ1) is 21.5. The van der Waals surface area contributed by atoms with Crippen molar-refractivity contribution in [1.29, 1.82) is 0 Å². The van der Waals surface area contributed by atoms with Crippen LogP contribution in [0.1, 0.15) is 37.6 Å². The highest BCUT2D eigenvalue weighted by Gasteiger charge is 2.37. The van der Waals surface area contributed by atoms with Crippen molar-refractivity contribution < 1.29 is 23.8 Å². The number of amides is 2. The first-order valence-electron chi connectivity index (χ1n) is 9.93. The first-order valence-corrected chi connectivity index (χ1v) is 9.93. The van der Waals surface area contributed by atoms with E-state index in [0.29, 0.717) is 47.3 Å². The summed E-state index contributed by atoms with van der Waals surface area (Å²) in [6, 6.07) is 10.3. The Morgan fingerprint density at radius 2 is 1.87 bits per heavy atom. The molecule has 2 aromatic carbocycles. The van der Waals surface area contributed by atoms with Gasteiger partial charge in [-0.05, 0) is 56.7 Å². The van der Waals surface area contributed by atoms with E-state index >= 15 is 0 Å². The third kappa shape index (κ3) is 4.20. The molecule has 2 aromatic rings. The Balaban J connectivity index is 1.90. The Kier molecular flexibility index (Phi) is 6.20. The van der Waals surface area contributed by atoms with E-state index in [2.05, 4.69) is 5.32 Å². The number of methoxy groups -OCH3 is 2. The SMILES string of the molecule is CCCN1C(=O)C(C)(C)COc2ccc(NC(=O)c3ccc(OC)c(OC)c3)cc21. The Morgan fingerprint density at radius 1 is 1.13 bits per heavy atom. The van der Waals surface area contributed by atoms with Gasteiger partial charge in [0.1, 0.15) is 12.4 Å². The molecular formula is C23H28N2O5. The molecule has 3 rings (SSSR count). The maximum atomic E-state index is 13.0. The van der Waals surface area contributed by atoms with Crippen LogP contribution in [0.2, 0.25) is 0 Å². The van der Waals surface area contributed by atoms with Crippen molar-refractivity contribution in [2.24, 2.45) is 5.41 Å². The molecule has 0 radical (unpaired) electrons. The fourth-order valence-electron chi connectivity index (χ4n) is 3.35. The van der Waals surface area contributed by atoms with E-state index in [1.165, 1.54) is 7.11 Å². The summed E-state index contributed by atoms with van der Waals surface area (Å²) in [6.07, 6.45) is 0.809. The zero-order valence-corrected chi connectivity index (χ0v) is 18.1. The smallest absolute Gasteiger partial charge is 0.255 e. The molecule has 0 saturated carbocycles. The Hall–Kier alpha value is -3.22. The molecule has 7 nitrogen and oxygen atoms in total. The number of nitrogens with one attached hydrogen (secondary N) is 1. The Bertz CT molecular complexity index is 955. The van der Waals surface area contributed by atoms with Gasteiger partial charge in [-0.1, -0.05) is 6.92 Å². The predicted molar refractivity (Wildman–Crippen MR) is 116 cm³/mol. The monoisotopic (exact) mass is 412 g/mol. The molecule has 1 aliphatic rings. The molecule has 0 atom stereocenters. The molecule has 160 valence electrons. The van der Waals surface area contributed by atoms with Gasteiger partial charge >= 0.3 is 0 Å². The Morgan fingerprint density at radius 3 is 2.53 bits per heavy atom.